The highest BCUT2D eigenvalue weighted by molar-refractivity contribution is 5.80. The van der Waals surface area contributed by atoms with E-state index in [1.165, 1.54) is 25.7 Å². The summed E-state index contributed by atoms with van der Waals surface area (Å²) in [4.78, 5) is 19.5. The van der Waals surface area contributed by atoms with Crippen LogP contribution in [-0.4, -0.2) is 30.0 Å². The lowest BCUT2D eigenvalue weighted by atomic mass is 9.96. The maximum absolute atomic E-state index is 12.7. The van der Waals surface area contributed by atoms with Crippen molar-refractivity contribution >= 4 is 23.0 Å². The fourth-order valence-corrected chi connectivity index (χ4v) is 4.10. The summed E-state index contributed by atoms with van der Waals surface area (Å²) in [6.07, 6.45) is 9.31. The molecule has 1 aliphatic carbocycles. The minimum atomic E-state index is 0.0343. The highest BCUT2D eigenvalue weighted by Crippen LogP contribution is 2.27. The molecule has 1 amide bonds. The number of hydrogen-bond acceptors (Lipinski definition) is 4. The average Bonchev–Trinajstić information content (AvgIpc) is 2.92. The van der Waals surface area contributed by atoms with Crippen molar-refractivity contribution in [2.24, 2.45) is 5.92 Å². The van der Waals surface area contributed by atoms with Gasteiger partial charge in [-0.2, -0.15) is 4.98 Å². The topological polar surface area (TPSA) is 58.4 Å². The molecule has 2 fully saturated rings. The number of para-hydroxylation sites is 2. The zero-order chi connectivity index (χ0) is 17.1. The molecular weight excluding hydrogens is 314 g/mol. The Labute approximate surface area is 148 Å². The first-order valence-electron chi connectivity index (χ1n) is 9.70. The number of aromatic nitrogens is 1. The number of amides is 1. The Hall–Kier alpha value is -2.04. The SMILES string of the molecule is O=C(NC1CCCCCC1)[C@@H]1CCCN(c2nc3ccccc3o2)C1. The number of oxazole rings is 1. The lowest BCUT2D eigenvalue weighted by Gasteiger charge is -2.31. The maximum Gasteiger partial charge on any atom is 0.298 e. The summed E-state index contributed by atoms with van der Waals surface area (Å²) in [6, 6.07) is 8.83. The van der Waals surface area contributed by atoms with Gasteiger partial charge in [0, 0.05) is 19.1 Å². The molecule has 1 aromatic heterocycles. The first-order valence-corrected chi connectivity index (χ1v) is 9.70. The molecule has 1 N–H and O–H groups in total. The van der Waals surface area contributed by atoms with Gasteiger partial charge >= 0.3 is 0 Å². The zero-order valence-electron chi connectivity index (χ0n) is 14.7. The molecule has 1 saturated heterocycles. The molecule has 1 saturated carbocycles. The molecule has 4 rings (SSSR count). The quantitative estimate of drug-likeness (QED) is 0.861. The fraction of sp³-hybridized carbons (Fsp3) is 0.600. The summed E-state index contributed by atoms with van der Waals surface area (Å²) >= 11 is 0. The van der Waals surface area contributed by atoms with Gasteiger partial charge in [0.25, 0.3) is 6.01 Å². The van der Waals surface area contributed by atoms with Crippen molar-refractivity contribution in [2.45, 2.75) is 57.4 Å². The number of rotatable bonds is 3. The van der Waals surface area contributed by atoms with Crippen LogP contribution in [0.15, 0.2) is 28.7 Å². The molecule has 5 nitrogen and oxygen atoms in total. The molecule has 134 valence electrons. The summed E-state index contributed by atoms with van der Waals surface area (Å²) < 4.78 is 5.89. The molecule has 2 heterocycles. The lowest BCUT2D eigenvalue weighted by molar-refractivity contribution is -0.126. The Bertz CT molecular complexity index is 686. The van der Waals surface area contributed by atoms with Gasteiger partial charge in [-0.1, -0.05) is 37.8 Å². The van der Waals surface area contributed by atoms with E-state index in [-0.39, 0.29) is 11.8 Å². The van der Waals surface area contributed by atoms with E-state index in [4.69, 9.17) is 4.42 Å². The molecule has 2 aliphatic rings. The van der Waals surface area contributed by atoms with Crippen LogP contribution >= 0.6 is 0 Å². The van der Waals surface area contributed by atoms with Crippen molar-refractivity contribution in [1.82, 2.24) is 10.3 Å². The molecule has 2 aromatic rings. The maximum atomic E-state index is 12.7. The first-order chi connectivity index (χ1) is 12.3. The van der Waals surface area contributed by atoms with Gasteiger partial charge in [0.15, 0.2) is 5.58 Å². The third-order valence-electron chi connectivity index (χ3n) is 5.55. The van der Waals surface area contributed by atoms with Crippen LogP contribution in [0.1, 0.15) is 51.4 Å². The van der Waals surface area contributed by atoms with Crippen molar-refractivity contribution in [3.05, 3.63) is 24.3 Å². The largest absolute Gasteiger partial charge is 0.423 e. The highest BCUT2D eigenvalue weighted by Gasteiger charge is 2.29. The number of nitrogens with one attached hydrogen (secondary N) is 1. The van der Waals surface area contributed by atoms with E-state index < -0.39 is 0 Å². The normalized spacial score (nSPS) is 22.7. The van der Waals surface area contributed by atoms with Crippen LogP contribution in [0.25, 0.3) is 11.1 Å². The van der Waals surface area contributed by atoms with Gasteiger partial charge in [0.1, 0.15) is 5.52 Å². The van der Waals surface area contributed by atoms with Gasteiger partial charge in [0.05, 0.1) is 5.92 Å². The van der Waals surface area contributed by atoms with Crippen molar-refractivity contribution in [2.75, 3.05) is 18.0 Å². The molecule has 0 unspecified atom stereocenters. The average molecular weight is 341 g/mol. The highest BCUT2D eigenvalue weighted by atomic mass is 16.4. The number of anilines is 1. The molecule has 0 spiro atoms. The van der Waals surface area contributed by atoms with E-state index in [1.54, 1.807) is 0 Å². The Kier molecular flexibility index (Phi) is 4.90. The molecule has 0 bridgehead atoms. The number of fused-ring (bicyclic) bond motifs is 1. The van der Waals surface area contributed by atoms with E-state index in [0.717, 1.165) is 43.3 Å². The Morgan fingerprint density at radius 3 is 2.68 bits per heavy atom. The first kappa shape index (κ1) is 16.4. The van der Waals surface area contributed by atoms with Gasteiger partial charge in [-0.25, -0.2) is 0 Å². The van der Waals surface area contributed by atoms with Gasteiger partial charge in [0.2, 0.25) is 5.91 Å². The predicted octanol–water partition coefficient (Wildman–Crippen LogP) is 3.88. The second-order valence-electron chi connectivity index (χ2n) is 7.45. The van der Waals surface area contributed by atoms with E-state index in [1.807, 2.05) is 24.3 Å². The van der Waals surface area contributed by atoms with Gasteiger partial charge in [-0.3, -0.25) is 4.79 Å². The van der Waals surface area contributed by atoms with E-state index in [9.17, 15) is 4.79 Å². The van der Waals surface area contributed by atoms with Crippen LogP contribution < -0.4 is 10.2 Å². The van der Waals surface area contributed by atoms with E-state index in [0.29, 0.717) is 18.6 Å². The predicted molar refractivity (Wildman–Crippen MR) is 98.6 cm³/mol. The second kappa shape index (κ2) is 7.46. The summed E-state index contributed by atoms with van der Waals surface area (Å²) in [5, 5.41) is 3.31. The minimum absolute atomic E-state index is 0.0343. The minimum Gasteiger partial charge on any atom is -0.423 e. The molecule has 1 aliphatic heterocycles. The molecule has 1 aromatic carbocycles. The van der Waals surface area contributed by atoms with E-state index in [2.05, 4.69) is 15.2 Å². The summed E-state index contributed by atoms with van der Waals surface area (Å²) in [5.74, 6) is 0.250. The summed E-state index contributed by atoms with van der Waals surface area (Å²) in [7, 11) is 0. The van der Waals surface area contributed by atoms with Gasteiger partial charge < -0.3 is 14.6 Å². The van der Waals surface area contributed by atoms with Crippen molar-refractivity contribution in [3.8, 4) is 0 Å². The lowest BCUT2D eigenvalue weighted by Crippen LogP contribution is -2.46. The second-order valence-corrected chi connectivity index (χ2v) is 7.45. The van der Waals surface area contributed by atoms with Crippen LogP contribution in [-0.2, 0) is 4.79 Å². The smallest absolute Gasteiger partial charge is 0.298 e. The van der Waals surface area contributed by atoms with Gasteiger partial charge in [-0.05, 0) is 37.8 Å². The standard InChI is InChI=1S/C20H27N3O2/c24-19(21-16-9-3-1-2-4-10-16)15-8-7-13-23(14-15)20-22-17-11-5-6-12-18(17)25-20/h5-6,11-12,15-16H,1-4,7-10,13-14H2,(H,21,24)/t15-/m1/s1. The van der Waals surface area contributed by atoms with Crippen molar-refractivity contribution in [3.63, 3.8) is 0 Å². The molecule has 0 radical (unpaired) electrons. The van der Waals surface area contributed by atoms with Crippen molar-refractivity contribution < 1.29 is 9.21 Å². The zero-order valence-corrected chi connectivity index (χ0v) is 14.7. The van der Waals surface area contributed by atoms with Crippen LogP contribution in [0.3, 0.4) is 0 Å². The molecular formula is C20H27N3O2. The number of carbonyl (C=O) groups is 1. The number of hydrogen-bond donors (Lipinski definition) is 1. The number of carbonyl (C=O) groups excluding carboxylic acids is 1. The van der Waals surface area contributed by atoms with Crippen LogP contribution in [0.5, 0.6) is 0 Å². The van der Waals surface area contributed by atoms with E-state index >= 15 is 0 Å². The van der Waals surface area contributed by atoms with Crippen LogP contribution in [0, 0.1) is 5.92 Å². The summed E-state index contributed by atoms with van der Waals surface area (Å²) in [6.45, 7) is 1.60. The van der Waals surface area contributed by atoms with Gasteiger partial charge in [-0.15, -0.1) is 0 Å². The Morgan fingerprint density at radius 2 is 1.88 bits per heavy atom. The molecule has 5 heteroatoms. The van der Waals surface area contributed by atoms with Crippen molar-refractivity contribution in [1.29, 1.82) is 0 Å². The van der Waals surface area contributed by atoms with Crippen LogP contribution in [0.2, 0.25) is 0 Å². The fourth-order valence-electron chi connectivity index (χ4n) is 4.10. The Morgan fingerprint density at radius 1 is 1.08 bits per heavy atom. The summed E-state index contributed by atoms with van der Waals surface area (Å²) in [5.41, 5.74) is 1.69. The Balaban J connectivity index is 1.40. The monoisotopic (exact) mass is 341 g/mol. The van der Waals surface area contributed by atoms with Crippen LogP contribution in [0.4, 0.5) is 6.01 Å². The molecule has 25 heavy (non-hydrogen) atoms. The molecule has 1 atom stereocenters. The third-order valence-corrected chi connectivity index (χ3v) is 5.55. The number of nitrogens with zero attached hydrogens (tertiary/aromatic N) is 2. The number of benzene rings is 1. The third kappa shape index (κ3) is 3.80. The number of piperidine rings is 1.